The first kappa shape index (κ1) is 19.0. The Morgan fingerprint density at radius 2 is 2.03 bits per heavy atom. The summed E-state index contributed by atoms with van der Waals surface area (Å²) in [5.41, 5.74) is 3.13. The molecule has 0 bridgehead atoms. The lowest BCUT2D eigenvalue weighted by Gasteiger charge is -2.34. The summed E-state index contributed by atoms with van der Waals surface area (Å²) in [6, 6.07) is 16.2. The number of allylic oxidation sites excluding steroid dienone is 1. The minimum absolute atomic E-state index is 0.223. The Morgan fingerprint density at radius 3 is 2.76 bits per heavy atom. The van der Waals surface area contributed by atoms with Gasteiger partial charge in [-0.3, -0.25) is 4.90 Å². The van der Waals surface area contributed by atoms with Crippen LogP contribution in [0.5, 0.6) is 0 Å². The molecule has 1 N–H and O–H groups in total. The zero-order valence-corrected chi connectivity index (χ0v) is 16.6. The van der Waals surface area contributed by atoms with Crippen LogP contribution in [0, 0.1) is 0 Å². The molecule has 4 rings (SSSR count). The number of benzene rings is 2. The Balaban J connectivity index is 1.84. The van der Waals surface area contributed by atoms with Gasteiger partial charge in [-0.25, -0.2) is 4.79 Å². The van der Waals surface area contributed by atoms with Gasteiger partial charge in [0.1, 0.15) is 0 Å². The fourth-order valence-corrected chi connectivity index (χ4v) is 3.58. The second kappa shape index (κ2) is 7.93. The van der Waals surface area contributed by atoms with Crippen LogP contribution in [0.1, 0.15) is 24.4 Å². The Kier molecular flexibility index (Phi) is 5.18. The molecule has 0 saturated carbocycles. The zero-order chi connectivity index (χ0) is 20.4. The van der Waals surface area contributed by atoms with Gasteiger partial charge in [0.2, 0.25) is 5.82 Å². The van der Waals surface area contributed by atoms with Crippen LogP contribution in [-0.4, -0.2) is 27.6 Å². The molecular formula is C22H19ClN4O2. The molecule has 1 aliphatic rings. The van der Waals surface area contributed by atoms with Crippen LogP contribution < -0.4 is 5.32 Å². The maximum Gasteiger partial charge on any atom is 0.322 e. The van der Waals surface area contributed by atoms with Gasteiger partial charge in [-0.05, 0) is 24.6 Å². The maximum atomic E-state index is 12.7. The second-order valence-corrected chi connectivity index (χ2v) is 7.06. The van der Waals surface area contributed by atoms with E-state index < -0.39 is 6.04 Å². The van der Waals surface area contributed by atoms with Crippen LogP contribution >= 0.6 is 11.6 Å². The van der Waals surface area contributed by atoms with Gasteiger partial charge in [0, 0.05) is 22.8 Å². The first-order valence-corrected chi connectivity index (χ1v) is 9.51. The fraction of sp³-hybridized carbons (Fsp3) is 0.136. The van der Waals surface area contributed by atoms with Crippen molar-refractivity contribution in [2.75, 3.05) is 6.54 Å². The number of nitrogens with zero attached hydrogens (tertiary/aromatic N) is 3. The molecular weight excluding hydrogens is 388 g/mol. The summed E-state index contributed by atoms with van der Waals surface area (Å²) in [5, 5.41) is 7.73. The molecule has 0 saturated heterocycles. The van der Waals surface area contributed by atoms with Gasteiger partial charge in [0.25, 0.3) is 5.89 Å². The number of amides is 2. The van der Waals surface area contributed by atoms with E-state index in [9.17, 15) is 4.79 Å². The van der Waals surface area contributed by atoms with Crippen LogP contribution in [0.3, 0.4) is 0 Å². The molecule has 1 aliphatic heterocycles. The number of hydrogen-bond donors (Lipinski definition) is 1. The molecule has 0 aliphatic carbocycles. The average molecular weight is 407 g/mol. The lowest BCUT2D eigenvalue weighted by molar-refractivity contribution is 0.209. The summed E-state index contributed by atoms with van der Waals surface area (Å²) in [7, 11) is 0. The summed E-state index contributed by atoms with van der Waals surface area (Å²) in [6.45, 7) is 5.97. The van der Waals surface area contributed by atoms with Gasteiger partial charge in [-0.1, -0.05) is 65.3 Å². The van der Waals surface area contributed by atoms with E-state index in [1.54, 1.807) is 17.0 Å². The van der Waals surface area contributed by atoms with Gasteiger partial charge < -0.3 is 9.84 Å². The number of urea groups is 1. The summed E-state index contributed by atoms with van der Waals surface area (Å²) in [6.07, 6.45) is 1.67. The number of aromatic nitrogens is 2. The lowest BCUT2D eigenvalue weighted by Crippen LogP contribution is -2.46. The van der Waals surface area contributed by atoms with E-state index >= 15 is 0 Å². The highest BCUT2D eigenvalue weighted by Gasteiger charge is 2.35. The standard InChI is InChI=1S/C22H19ClN4O2/c1-3-12-27-14(2)18(19(24-22(27)28)16-10-7-11-17(23)13-16)21-25-20(26-29-21)15-8-5-4-6-9-15/h3-11,13,19H,1,12H2,2H3,(H,24,28). The van der Waals surface area contributed by atoms with Crippen molar-refractivity contribution in [3.05, 3.63) is 89.4 Å². The Morgan fingerprint density at radius 1 is 1.24 bits per heavy atom. The highest BCUT2D eigenvalue weighted by atomic mass is 35.5. The van der Waals surface area contributed by atoms with E-state index in [4.69, 9.17) is 16.1 Å². The number of carbonyl (C=O) groups excluding carboxylic acids is 1. The predicted molar refractivity (Wildman–Crippen MR) is 112 cm³/mol. The minimum atomic E-state index is -0.466. The number of nitrogens with one attached hydrogen (secondary N) is 1. The molecule has 146 valence electrons. The molecule has 2 amide bonds. The van der Waals surface area contributed by atoms with Crippen LogP contribution in [0.25, 0.3) is 17.0 Å². The average Bonchev–Trinajstić information content (AvgIpc) is 3.21. The third kappa shape index (κ3) is 3.67. The van der Waals surface area contributed by atoms with Crippen molar-refractivity contribution in [2.45, 2.75) is 13.0 Å². The Bertz CT molecular complexity index is 1090. The zero-order valence-electron chi connectivity index (χ0n) is 15.8. The highest BCUT2D eigenvalue weighted by molar-refractivity contribution is 6.30. The van der Waals surface area contributed by atoms with Crippen LogP contribution in [-0.2, 0) is 0 Å². The minimum Gasteiger partial charge on any atom is -0.334 e. The second-order valence-electron chi connectivity index (χ2n) is 6.63. The van der Waals surface area contributed by atoms with Crippen molar-refractivity contribution in [3.8, 4) is 11.4 Å². The molecule has 2 heterocycles. The summed E-state index contributed by atoms with van der Waals surface area (Å²) >= 11 is 6.19. The van der Waals surface area contributed by atoms with Crippen LogP contribution in [0.4, 0.5) is 4.79 Å². The van der Waals surface area contributed by atoms with Crippen molar-refractivity contribution in [2.24, 2.45) is 0 Å². The Hall–Kier alpha value is -3.38. The monoisotopic (exact) mass is 406 g/mol. The molecule has 1 unspecified atom stereocenters. The van der Waals surface area contributed by atoms with E-state index in [-0.39, 0.29) is 6.03 Å². The summed E-state index contributed by atoms with van der Waals surface area (Å²) < 4.78 is 5.62. The number of hydrogen-bond acceptors (Lipinski definition) is 4. The van der Waals surface area contributed by atoms with Crippen molar-refractivity contribution in [3.63, 3.8) is 0 Å². The fourth-order valence-electron chi connectivity index (χ4n) is 3.38. The quantitative estimate of drug-likeness (QED) is 0.600. The third-order valence-corrected chi connectivity index (χ3v) is 5.01. The smallest absolute Gasteiger partial charge is 0.322 e. The predicted octanol–water partition coefficient (Wildman–Crippen LogP) is 5.07. The normalized spacial score (nSPS) is 16.7. The van der Waals surface area contributed by atoms with Gasteiger partial charge in [0.05, 0.1) is 11.6 Å². The molecule has 0 spiro atoms. The van der Waals surface area contributed by atoms with Crippen molar-refractivity contribution >= 4 is 23.2 Å². The first-order chi connectivity index (χ1) is 14.1. The van der Waals surface area contributed by atoms with E-state index in [1.165, 1.54) is 0 Å². The molecule has 0 fully saturated rings. The topological polar surface area (TPSA) is 71.3 Å². The third-order valence-electron chi connectivity index (χ3n) is 4.78. The summed E-state index contributed by atoms with van der Waals surface area (Å²) in [4.78, 5) is 18.9. The number of rotatable bonds is 5. The SMILES string of the molecule is C=CCN1C(=O)NC(c2cccc(Cl)c2)C(c2nc(-c3ccccc3)no2)=C1C. The molecule has 29 heavy (non-hydrogen) atoms. The number of carbonyl (C=O) groups is 1. The van der Waals surface area contributed by atoms with E-state index in [0.29, 0.717) is 23.3 Å². The van der Waals surface area contributed by atoms with Crippen molar-refractivity contribution < 1.29 is 9.32 Å². The molecule has 7 heteroatoms. The van der Waals surface area contributed by atoms with Gasteiger partial charge in [0.15, 0.2) is 0 Å². The van der Waals surface area contributed by atoms with Gasteiger partial charge in [-0.15, -0.1) is 6.58 Å². The van der Waals surface area contributed by atoms with E-state index in [0.717, 1.165) is 22.4 Å². The summed E-state index contributed by atoms with van der Waals surface area (Å²) in [5.74, 6) is 0.832. The van der Waals surface area contributed by atoms with Crippen molar-refractivity contribution in [1.29, 1.82) is 0 Å². The molecule has 1 aromatic heterocycles. The highest BCUT2D eigenvalue weighted by Crippen LogP contribution is 2.37. The van der Waals surface area contributed by atoms with Crippen LogP contribution in [0.2, 0.25) is 5.02 Å². The molecule has 0 radical (unpaired) electrons. The number of halogens is 1. The van der Waals surface area contributed by atoms with Gasteiger partial charge in [-0.2, -0.15) is 4.98 Å². The maximum absolute atomic E-state index is 12.7. The first-order valence-electron chi connectivity index (χ1n) is 9.13. The molecule has 2 aromatic carbocycles. The van der Waals surface area contributed by atoms with Crippen LogP contribution in [0.15, 0.2) is 77.5 Å². The Labute approximate surface area is 173 Å². The molecule has 6 nitrogen and oxygen atoms in total. The van der Waals surface area contributed by atoms with Gasteiger partial charge >= 0.3 is 6.03 Å². The largest absolute Gasteiger partial charge is 0.334 e. The van der Waals surface area contributed by atoms with E-state index in [2.05, 4.69) is 22.0 Å². The molecule has 1 atom stereocenters. The van der Waals surface area contributed by atoms with E-state index in [1.807, 2.05) is 55.5 Å². The van der Waals surface area contributed by atoms with Crippen molar-refractivity contribution in [1.82, 2.24) is 20.4 Å². The lowest BCUT2D eigenvalue weighted by atomic mass is 9.94. The molecule has 3 aromatic rings.